The maximum atomic E-state index is 11.4. The van der Waals surface area contributed by atoms with Crippen molar-refractivity contribution in [2.75, 3.05) is 0 Å². The van der Waals surface area contributed by atoms with Gasteiger partial charge in [0.2, 0.25) is 5.91 Å². The molecular formula is C10H15N3OS. The standard InChI is InChI=1S/C10H15N3OS/c1-2-8-9(14)11-10(15-8)13-12-7-5-3-4-6-7/h8H,2-6H2,1H3,(H,11,13,14)/t8-/m0/s1. The average molecular weight is 225 g/mol. The topological polar surface area (TPSA) is 53.8 Å². The molecule has 0 unspecified atom stereocenters. The number of carbonyl (C=O) groups is 1. The second-order valence-electron chi connectivity index (χ2n) is 3.78. The van der Waals surface area contributed by atoms with Crippen molar-refractivity contribution in [3.63, 3.8) is 0 Å². The van der Waals surface area contributed by atoms with Crippen molar-refractivity contribution in [2.24, 2.45) is 10.2 Å². The lowest BCUT2D eigenvalue weighted by molar-refractivity contribution is -0.118. The van der Waals surface area contributed by atoms with E-state index in [1.807, 2.05) is 6.92 Å². The van der Waals surface area contributed by atoms with Crippen LogP contribution in [0.5, 0.6) is 0 Å². The Bertz CT molecular complexity index is 317. The van der Waals surface area contributed by atoms with Crippen LogP contribution in [0.2, 0.25) is 0 Å². The van der Waals surface area contributed by atoms with E-state index in [0.29, 0.717) is 5.17 Å². The number of rotatable bonds is 2. The number of nitrogens with zero attached hydrogens (tertiary/aromatic N) is 2. The predicted octanol–water partition coefficient (Wildman–Crippen LogP) is 1.91. The third-order valence-electron chi connectivity index (χ3n) is 2.61. The molecule has 1 aliphatic carbocycles. The number of amides is 1. The molecule has 0 aromatic carbocycles. The molecule has 0 aromatic heterocycles. The van der Waals surface area contributed by atoms with E-state index in [0.717, 1.165) is 25.0 Å². The van der Waals surface area contributed by atoms with Crippen LogP contribution in [-0.4, -0.2) is 22.0 Å². The molecule has 1 saturated carbocycles. The first-order valence-corrected chi connectivity index (χ1v) is 6.28. The van der Waals surface area contributed by atoms with E-state index in [1.165, 1.54) is 24.6 Å². The summed E-state index contributed by atoms with van der Waals surface area (Å²) in [6.45, 7) is 2.00. The number of nitrogens with one attached hydrogen (secondary N) is 1. The van der Waals surface area contributed by atoms with Crippen LogP contribution in [0.3, 0.4) is 0 Å². The Balaban J connectivity index is 1.97. The summed E-state index contributed by atoms with van der Waals surface area (Å²) >= 11 is 1.48. The summed E-state index contributed by atoms with van der Waals surface area (Å²) in [4.78, 5) is 11.4. The molecule has 5 heteroatoms. The van der Waals surface area contributed by atoms with Crippen molar-refractivity contribution in [3.8, 4) is 0 Å². The van der Waals surface area contributed by atoms with Gasteiger partial charge in [0.15, 0.2) is 5.17 Å². The lowest BCUT2D eigenvalue weighted by Gasteiger charge is -1.95. The zero-order chi connectivity index (χ0) is 10.7. The first kappa shape index (κ1) is 10.7. The minimum absolute atomic E-state index is 0.0209. The average Bonchev–Trinajstić information content (AvgIpc) is 2.83. The van der Waals surface area contributed by atoms with Gasteiger partial charge in [-0.3, -0.25) is 4.79 Å². The van der Waals surface area contributed by atoms with Gasteiger partial charge in [0.1, 0.15) is 0 Å². The molecule has 0 bridgehead atoms. The lowest BCUT2D eigenvalue weighted by atomic mass is 10.3. The number of hydrogen-bond donors (Lipinski definition) is 1. The fraction of sp³-hybridized carbons (Fsp3) is 0.700. The number of amidine groups is 1. The van der Waals surface area contributed by atoms with Crippen molar-refractivity contribution >= 4 is 28.5 Å². The molecule has 15 heavy (non-hydrogen) atoms. The van der Waals surface area contributed by atoms with Crippen LogP contribution in [0, 0.1) is 0 Å². The van der Waals surface area contributed by atoms with Crippen LogP contribution in [-0.2, 0) is 4.79 Å². The molecule has 1 saturated heterocycles. The summed E-state index contributed by atoms with van der Waals surface area (Å²) in [6.07, 6.45) is 5.41. The van der Waals surface area contributed by atoms with Gasteiger partial charge in [0, 0.05) is 5.71 Å². The van der Waals surface area contributed by atoms with Gasteiger partial charge in [-0.05, 0) is 32.1 Å². The van der Waals surface area contributed by atoms with E-state index in [4.69, 9.17) is 0 Å². The summed E-state index contributed by atoms with van der Waals surface area (Å²) in [5.41, 5.74) is 1.16. The third-order valence-corrected chi connectivity index (χ3v) is 3.85. The van der Waals surface area contributed by atoms with E-state index in [9.17, 15) is 4.79 Å². The molecule has 1 amide bonds. The highest BCUT2D eigenvalue weighted by Gasteiger charge is 2.28. The van der Waals surface area contributed by atoms with Gasteiger partial charge in [0.05, 0.1) is 5.25 Å². The Morgan fingerprint density at radius 3 is 2.73 bits per heavy atom. The number of hydrogen-bond acceptors (Lipinski definition) is 4. The summed E-state index contributed by atoms with van der Waals surface area (Å²) in [5.74, 6) is 0.0628. The van der Waals surface area contributed by atoms with Crippen molar-refractivity contribution in [1.29, 1.82) is 0 Å². The first-order chi connectivity index (χ1) is 7.29. The summed E-state index contributed by atoms with van der Waals surface area (Å²) in [7, 11) is 0. The largest absolute Gasteiger partial charge is 0.303 e. The van der Waals surface area contributed by atoms with Gasteiger partial charge in [-0.25, -0.2) is 0 Å². The zero-order valence-corrected chi connectivity index (χ0v) is 9.64. The lowest BCUT2D eigenvalue weighted by Crippen LogP contribution is -2.24. The highest BCUT2D eigenvalue weighted by molar-refractivity contribution is 8.15. The summed E-state index contributed by atoms with van der Waals surface area (Å²) in [6, 6.07) is 0. The Morgan fingerprint density at radius 1 is 1.40 bits per heavy atom. The number of thioether (sulfide) groups is 1. The van der Waals surface area contributed by atoms with Crippen molar-refractivity contribution in [2.45, 2.75) is 44.3 Å². The monoisotopic (exact) mass is 225 g/mol. The van der Waals surface area contributed by atoms with Gasteiger partial charge < -0.3 is 5.32 Å². The molecule has 1 heterocycles. The van der Waals surface area contributed by atoms with Gasteiger partial charge in [0.25, 0.3) is 0 Å². The predicted molar refractivity (Wildman–Crippen MR) is 63.2 cm³/mol. The molecule has 1 aliphatic heterocycles. The van der Waals surface area contributed by atoms with E-state index in [2.05, 4.69) is 15.5 Å². The van der Waals surface area contributed by atoms with Gasteiger partial charge >= 0.3 is 0 Å². The maximum Gasteiger partial charge on any atom is 0.239 e. The van der Waals surface area contributed by atoms with Crippen molar-refractivity contribution in [3.05, 3.63) is 0 Å². The zero-order valence-electron chi connectivity index (χ0n) is 8.82. The minimum atomic E-state index is 0.0209. The van der Waals surface area contributed by atoms with Gasteiger partial charge in [-0.1, -0.05) is 18.7 Å². The number of carbonyl (C=O) groups excluding carboxylic acids is 1. The molecule has 0 aromatic rings. The SMILES string of the molecule is CC[C@@H]1S/C(=N\N=C2CCCC2)NC1=O. The summed E-state index contributed by atoms with van der Waals surface area (Å²) < 4.78 is 0. The van der Waals surface area contributed by atoms with Crippen LogP contribution in [0.15, 0.2) is 10.2 Å². The van der Waals surface area contributed by atoms with Gasteiger partial charge in [-0.15, -0.1) is 5.10 Å². The normalized spacial score (nSPS) is 28.6. The molecule has 4 nitrogen and oxygen atoms in total. The van der Waals surface area contributed by atoms with Crippen LogP contribution in [0.4, 0.5) is 0 Å². The molecule has 0 spiro atoms. The second kappa shape index (κ2) is 4.79. The molecule has 82 valence electrons. The van der Waals surface area contributed by atoms with Gasteiger partial charge in [-0.2, -0.15) is 5.10 Å². The molecule has 1 N–H and O–H groups in total. The van der Waals surface area contributed by atoms with E-state index in [-0.39, 0.29) is 11.2 Å². The Labute approximate surface area is 93.6 Å². The molecular weight excluding hydrogens is 210 g/mol. The third kappa shape index (κ3) is 2.59. The second-order valence-corrected chi connectivity index (χ2v) is 4.97. The van der Waals surface area contributed by atoms with Crippen molar-refractivity contribution in [1.82, 2.24) is 5.32 Å². The molecule has 2 fully saturated rings. The first-order valence-electron chi connectivity index (χ1n) is 5.40. The van der Waals surface area contributed by atoms with Crippen LogP contribution >= 0.6 is 11.8 Å². The van der Waals surface area contributed by atoms with Crippen LogP contribution < -0.4 is 5.32 Å². The maximum absolute atomic E-state index is 11.4. The highest BCUT2D eigenvalue weighted by atomic mass is 32.2. The van der Waals surface area contributed by atoms with E-state index < -0.39 is 0 Å². The Kier molecular flexibility index (Phi) is 3.41. The fourth-order valence-electron chi connectivity index (χ4n) is 1.72. The van der Waals surface area contributed by atoms with E-state index in [1.54, 1.807) is 0 Å². The molecule has 0 radical (unpaired) electrons. The molecule has 2 aliphatic rings. The quantitative estimate of drug-likeness (QED) is 0.730. The van der Waals surface area contributed by atoms with Crippen molar-refractivity contribution < 1.29 is 4.79 Å². The van der Waals surface area contributed by atoms with Crippen LogP contribution in [0.1, 0.15) is 39.0 Å². The minimum Gasteiger partial charge on any atom is -0.303 e. The van der Waals surface area contributed by atoms with Crippen LogP contribution in [0.25, 0.3) is 0 Å². The van der Waals surface area contributed by atoms with E-state index >= 15 is 0 Å². The highest BCUT2D eigenvalue weighted by Crippen LogP contribution is 2.22. The fourth-order valence-corrected chi connectivity index (χ4v) is 2.57. The molecule has 1 atom stereocenters. The molecule has 2 rings (SSSR count). The summed E-state index contributed by atoms with van der Waals surface area (Å²) in [5, 5.41) is 11.7. The Morgan fingerprint density at radius 2 is 2.13 bits per heavy atom. The Hall–Kier alpha value is -0.840. The smallest absolute Gasteiger partial charge is 0.239 e.